The van der Waals surface area contributed by atoms with Crippen LogP contribution in [0.4, 0.5) is 8.78 Å². The highest BCUT2D eigenvalue weighted by molar-refractivity contribution is 9.10. The van der Waals surface area contributed by atoms with Crippen LogP contribution in [-0.4, -0.2) is 5.11 Å². The van der Waals surface area contributed by atoms with Crippen LogP contribution < -0.4 is 0 Å². The van der Waals surface area contributed by atoms with Gasteiger partial charge in [-0.3, -0.25) is 0 Å². The van der Waals surface area contributed by atoms with E-state index in [-0.39, 0.29) is 15.8 Å². The van der Waals surface area contributed by atoms with Crippen molar-refractivity contribution in [3.05, 3.63) is 28.2 Å². The normalized spacial score (nSPS) is 11.7. The summed E-state index contributed by atoms with van der Waals surface area (Å²) in [7, 11) is 0. The van der Waals surface area contributed by atoms with Crippen molar-refractivity contribution in [2.75, 3.05) is 0 Å². The summed E-state index contributed by atoms with van der Waals surface area (Å²) in [6, 6.07) is 3.63. The Morgan fingerprint density at radius 3 is 2.42 bits per heavy atom. The van der Waals surface area contributed by atoms with Crippen molar-refractivity contribution in [1.29, 1.82) is 0 Å². The molecule has 0 bridgehead atoms. The monoisotopic (exact) mass is 236 g/mol. The Bertz CT molecular complexity index is 294. The number of hydrogen-bond donors (Lipinski definition) is 1. The van der Waals surface area contributed by atoms with Crippen molar-refractivity contribution in [2.24, 2.45) is 0 Å². The fourth-order valence-corrected chi connectivity index (χ4v) is 1.16. The summed E-state index contributed by atoms with van der Waals surface area (Å²) in [6.07, 6.45) is 0. The second-order valence-corrected chi connectivity index (χ2v) is 3.41. The molecule has 0 radical (unpaired) electrons. The van der Waals surface area contributed by atoms with Gasteiger partial charge in [0.05, 0.1) is 4.47 Å². The Balaban J connectivity index is 3.14. The van der Waals surface area contributed by atoms with Crippen LogP contribution >= 0.6 is 15.9 Å². The molecular formula is C8H7BrF2O. The smallest absolute Gasteiger partial charge is 0.270 e. The fraction of sp³-hybridized carbons (Fsp3) is 0.250. The number of hydrogen-bond acceptors (Lipinski definition) is 1. The lowest BCUT2D eigenvalue weighted by Gasteiger charge is -2.10. The maximum absolute atomic E-state index is 12.7. The van der Waals surface area contributed by atoms with E-state index in [9.17, 15) is 8.78 Å². The molecule has 0 atom stereocenters. The first kappa shape index (κ1) is 9.45. The Labute approximate surface area is 77.2 Å². The van der Waals surface area contributed by atoms with E-state index in [1.165, 1.54) is 18.2 Å². The highest BCUT2D eigenvalue weighted by Gasteiger charge is 2.24. The van der Waals surface area contributed by atoms with Gasteiger partial charge < -0.3 is 5.11 Å². The number of phenolic OH excluding ortho intramolecular Hbond substituents is 1. The third kappa shape index (κ3) is 1.94. The third-order valence-corrected chi connectivity index (χ3v) is 2.09. The quantitative estimate of drug-likeness (QED) is 0.794. The van der Waals surface area contributed by atoms with Gasteiger partial charge in [0.15, 0.2) is 0 Å². The van der Waals surface area contributed by atoms with Crippen LogP contribution in [0.15, 0.2) is 22.7 Å². The molecule has 0 aromatic heterocycles. The maximum Gasteiger partial charge on any atom is 0.270 e. The van der Waals surface area contributed by atoms with E-state index in [4.69, 9.17) is 5.11 Å². The molecule has 0 fully saturated rings. The molecule has 0 aliphatic carbocycles. The zero-order valence-corrected chi connectivity index (χ0v) is 7.90. The average molecular weight is 237 g/mol. The molecule has 4 heteroatoms. The highest BCUT2D eigenvalue weighted by atomic mass is 79.9. The van der Waals surface area contributed by atoms with Crippen LogP contribution in [0, 0.1) is 0 Å². The lowest BCUT2D eigenvalue weighted by atomic mass is 10.1. The van der Waals surface area contributed by atoms with Crippen LogP contribution in [0.25, 0.3) is 0 Å². The molecule has 0 saturated heterocycles. The number of halogens is 3. The number of phenols is 1. The van der Waals surface area contributed by atoms with Crippen molar-refractivity contribution in [3.63, 3.8) is 0 Å². The van der Waals surface area contributed by atoms with Crippen LogP contribution in [-0.2, 0) is 5.92 Å². The Morgan fingerprint density at radius 2 is 2.00 bits per heavy atom. The zero-order chi connectivity index (χ0) is 9.35. The molecule has 0 aliphatic heterocycles. The van der Waals surface area contributed by atoms with Crippen molar-refractivity contribution in [3.8, 4) is 5.75 Å². The molecule has 1 aromatic carbocycles. The van der Waals surface area contributed by atoms with Gasteiger partial charge in [0.1, 0.15) is 5.75 Å². The minimum Gasteiger partial charge on any atom is -0.507 e. The van der Waals surface area contributed by atoms with Crippen molar-refractivity contribution in [2.45, 2.75) is 12.8 Å². The molecule has 12 heavy (non-hydrogen) atoms. The van der Waals surface area contributed by atoms with Crippen molar-refractivity contribution >= 4 is 15.9 Å². The zero-order valence-electron chi connectivity index (χ0n) is 6.31. The van der Waals surface area contributed by atoms with E-state index < -0.39 is 5.92 Å². The van der Waals surface area contributed by atoms with E-state index in [0.29, 0.717) is 0 Å². The number of benzene rings is 1. The van der Waals surface area contributed by atoms with Crippen molar-refractivity contribution < 1.29 is 13.9 Å². The van der Waals surface area contributed by atoms with Gasteiger partial charge in [-0.25, -0.2) is 8.78 Å². The lowest BCUT2D eigenvalue weighted by molar-refractivity contribution is 0.0174. The van der Waals surface area contributed by atoms with Crippen LogP contribution in [0.5, 0.6) is 5.75 Å². The van der Waals surface area contributed by atoms with Gasteiger partial charge >= 0.3 is 0 Å². The highest BCUT2D eigenvalue weighted by Crippen LogP contribution is 2.32. The number of alkyl halides is 2. The Hall–Kier alpha value is -0.640. The van der Waals surface area contributed by atoms with Gasteiger partial charge in [-0.05, 0) is 34.1 Å². The summed E-state index contributed by atoms with van der Waals surface area (Å²) >= 11 is 2.96. The first-order valence-corrected chi connectivity index (χ1v) is 4.07. The summed E-state index contributed by atoms with van der Waals surface area (Å²) in [5, 5.41) is 9.02. The third-order valence-electron chi connectivity index (χ3n) is 1.45. The molecule has 0 aliphatic rings. The fourth-order valence-electron chi connectivity index (χ4n) is 0.780. The van der Waals surface area contributed by atoms with E-state index in [1.54, 1.807) is 0 Å². The molecule has 1 rings (SSSR count). The predicted octanol–water partition coefficient (Wildman–Crippen LogP) is 3.27. The Kier molecular flexibility index (Phi) is 2.37. The summed E-state index contributed by atoms with van der Waals surface area (Å²) in [5.41, 5.74) is -0.118. The molecular weight excluding hydrogens is 230 g/mol. The van der Waals surface area contributed by atoms with E-state index >= 15 is 0 Å². The predicted molar refractivity (Wildman–Crippen MR) is 45.4 cm³/mol. The largest absolute Gasteiger partial charge is 0.507 e. The molecule has 66 valence electrons. The summed E-state index contributed by atoms with van der Waals surface area (Å²) in [5.74, 6) is -2.90. The van der Waals surface area contributed by atoms with Gasteiger partial charge in [0, 0.05) is 12.5 Å². The molecule has 0 amide bonds. The summed E-state index contributed by atoms with van der Waals surface area (Å²) in [4.78, 5) is 0. The second-order valence-electron chi connectivity index (χ2n) is 2.55. The Morgan fingerprint density at radius 1 is 1.42 bits per heavy atom. The first-order valence-electron chi connectivity index (χ1n) is 3.28. The van der Waals surface area contributed by atoms with Gasteiger partial charge in [0.2, 0.25) is 0 Å². The van der Waals surface area contributed by atoms with Crippen LogP contribution in [0.3, 0.4) is 0 Å². The SMILES string of the molecule is CC(F)(F)c1ccc(O)c(Br)c1. The number of rotatable bonds is 1. The molecule has 0 heterocycles. The van der Waals surface area contributed by atoms with E-state index in [2.05, 4.69) is 15.9 Å². The van der Waals surface area contributed by atoms with Gasteiger partial charge in [-0.2, -0.15) is 0 Å². The molecule has 1 aromatic rings. The van der Waals surface area contributed by atoms with E-state index in [1.807, 2.05) is 0 Å². The van der Waals surface area contributed by atoms with Gasteiger partial charge in [-0.1, -0.05) is 0 Å². The van der Waals surface area contributed by atoms with Crippen molar-refractivity contribution in [1.82, 2.24) is 0 Å². The summed E-state index contributed by atoms with van der Waals surface area (Å²) in [6.45, 7) is 0.811. The van der Waals surface area contributed by atoms with Crippen LogP contribution in [0.1, 0.15) is 12.5 Å². The molecule has 0 saturated carbocycles. The van der Waals surface area contributed by atoms with E-state index in [0.717, 1.165) is 6.92 Å². The minimum absolute atomic E-state index is 0.0389. The first-order chi connectivity index (χ1) is 5.41. The molecule has 1 N–H and O–H groups in total. The lowest BCUT2D eigenvalue weighted by Crippen LogP contribution is -2.06. The standard InChI is InChI=1S/C8H7BrF2O/c1-8(10,11)5-2-3-7(12)6(9)4-5/h2-4,12H,1H3. The summed E-state index contributed by atoms with van der Waals surface area (Å²) < 4.78 is 25.6. The number of aromatic hydroxyl groups is 1. The van der Waals surface area contributed by atoms with Gasteiger partial charge in [-0.15, -0.1) is 0 Å². The average Bonchev–Trinajstić information content (AvgIpc) is 1.92. The molecule has 0 spiro atoms. The second kappa shape index (κ2) is 3.01. The topological polar surface area (TPSA) is 20.2 Å². The molecule has 1 nitrogen and oxygen atoms in total. The molecule has 0 unspecified atom stereocenters. The van der Waals surface area contributed by atoms with Gasteiger partial charge in [0.25, 0.3) is 5.92 Å². The minimum atomic E-state index is -2.86. The van der Waals surface area contributed by atoms with Crippen LogP contribution in [0.2, 0.25) is 0 Å². The maximum atomic E-state index is 12.7.